The first-order valence-electron chi connectivity index (χ1n) is 1.26. The van der Waals surface area contributed by atoms with Crippen molar-refractivity contribution in [2.45, 2.75) is 0 Å². The highest BCUT2D eigenvalue weighted by Gasteiger charge is 1.81. The van der Waals surface area contributed by atoms with Gasteiger partial charge in [0.2, 0.25) is 0 Å². The summed E-state index contributed by atoms with van der Waals surface area (Å²) in [6.07, 6.45) is 0.0208. The van der Waals surface area contributed by atoms with Gasteiger partial charge in [0.25, 0.3) is 0 Å². The van der Waals surface area contributed by atoms with Gasteiger partial charge in [-0.25, -0.2) is 0 Å². The van der Waals surface area contributed by atoms with Gasteiger partial charge in [-0.05, 0) is 0 Å². The molecule has 0 fully saturated rings. The Bertz CT molecular complexity index is 76.9. The van der Waals surface area contributed by atoms with E-state index in [0.29, 0.717) is 0 Å². The standard InChI is InChI=1S/C3H3FO2/c4-3(1-5)2-6/h1-2,5H/b3-1+. The lowest BCUT2D eigenvalue weighted by Crippen LogP contribution is -1.69. The van der Waals surface area contributed by atoms with Crippen molar-refractivity contribution in [2.75, 3.05) is 0 Å². The fraction of sp³-hybridized carbons (Fsp3) is 0. The van der Waals surface area contributed by atoms with E-state index in [4.69, 9.17) is 9.90 Å². The van der Waals surface area contributed by atoms with Crippen LogP contribution in [-0.4, -0.2) is 11.4 Å². The molecule has 0 bridgehead atoms. The molecule has 3 heteroatoms. The Morgan fingerprint density at radius 1 is 1.83 bits per heavy atom. The Morgan fingerprint density at radius 2 is 2.33 bits per heavy atom. The largest absolute Gasteiger partial charge is 0.512 e. The fourth-order valence-corrected chi connectivity index (χ4v) is 0.0304. The normalized spacial score (nSPS) is 11.2. The highest BCUT2D eigenvalue weighted by atomic mass is 19.1. The molecule has 0 radical (unpaired) electrons. The molecule has 0 aliphatic rings. The Balaban J connectivity index is 3.50. The zero-order valence-electron chi connectivity index (χ0n) is 2.89. The first-order valence-corrected chi connectivity index (χ1v) is 1.26. The monoisotopic (exact) mass is 90.0 g/mol. The number of rotatable bonds is 1. The summed E-state index contributed by atoms with van der Waals surface area (Å²) in [5, 5.41) is 7.57. The van der Waals surface area contributed by atoms with Crippen molar-refractivity contribution in [1.82, 2.24) is 0 Å². The van der Waals surface area contributed by atoms with Crippen LogP contribution >= 0.6 is 0 Å². The highest BCUT2D eigenvalue weighted by molar-refractivity contribution is 5.68. The molecule has 0 aliphatic heterocycles. The summed E-state index contributed by atoms with van der Waals surface area (Å²) in [6.45, 7) is 0. The molecule has 0 aliphatic carbocycles. The Labute approximate surface area is 33.9 Å². The zero-order chi connectivity index (χ0) is 4.99. The van der Waals surface area contributed by atoms with Gasteiger partial charge in [0.15, 0.2) is 12.1 Å². The van der Waals surface area contributed by atoms with Crippen molar-refractivity contribution in [3.63, 3.8) is 0 Å². The molecule has 0 unspecified atom stereocenters. The Hall–Kier alpha value is -0.860. The SMILES string of the molecule is O=C/C(F)=C\O. The third-order valence-corrected chi connectivity index (χ3v) is 0.236. The molecule has 0 atom stereocenters. The summed E-state index contributed by atoms with van der Waals surface area (Å²) in [5.74, 6) is -1.16. The lowest BCUT2D eigenvalue weighted by Gasteiger charge is -1.68. The lowest BCUT2D eigenvalue weighted by molar-refractivity contribution is -0.106. The molecule has 0 spiro atoms. The van der Waals surface area contributed by atoms with Gasteiger partial charge in [-0.15, -0.1) is 0 Å². The summed E-state index contributed by atoms with van der Waals surface area (Å²) in [6, 6.07) is 0. The minimum absolute atomic E-state index is 0.0833. The molecular formula is C3H3FO2. The summed E-state index contributed by atoms with van der Waals surface area (Å²) < 4.78 is 11.1. The van der Waals surface area contributed by atoms with Crippen LogP contribution in [0.4, 0.5) is 4.39 Å². The average molecular weight is 90.1 g/mol. The number of hydrogen-bond donors (Lipinski definition) is 1. The van der Waals surface area contributed by atoms with Crippen LogP contribution in [0, 0.1) is 0 Å². The molecular weight excluding hydrogens is 87.0 g/mol. The zero-order valence-corrected chi connectivity index (χ0v) is 2.89. The molecule has 0 saturated heterocycles. The smallest absolute Gasteiger partial charge is 0.196 e. The first-order chi connectivity index (χ1) is 2.81. The van der Waals surface area contributed by atoms with Gasteiger partial charge >= 0.3 is 0 Å². The second kappa shape index (κ2) is 2.38. The van der Waals surface area contributed by atoms with Crippen molar-refractivity contribution in [3.05, 3.63) is 12.1 Å². The fourth-order valence-electron chi connectivity index (χ4n) is 0.0304. The van der Waals surface area contributed by atoms with E-state index in [9.17, 15) is 4.39 Å². The summed E-state index contributed by atoms with van der Waals surface area (Å²) in [4.78, 5) is 9.13. The maximum absolute atomic E-state index is 11.1. The lowest BCUT2D eigenvalue weighted by atomic mass is 10.7. The van der Waals surface area contributed by atoms with Crippen LogP contribution in [-0.2, 0) is 4.79 Å². The molecule has 1 N–H and O–H groups in total. The second-order valence-electron chi connectivity index (χ2n) is 0.632. The van der Waals surface area contributed by atoms with Gasteiger partial charge in [0.05, 0.1) is 0 Å². The van der Waals surface area contributed by atoms with Gasteiger partial charge in [-0.1, -0.05) is 0 Å². The van der Waals surface area contributed by atoms with Gasteiger partial charge < -0.3 is 5.11 Å². The third kappa shape index (κ3) is 1.46. The van der Waals surface area contributed by atoms with Crippen molar-refractivity contribution in [2.24, 2.45) is 0 Å². The van der Waals surface area contributed by atoms with Crippen molar-refractivity contribution in [3.8, 4) is 0 Å². The number of halogens is 1. The van der Waals surface area contributed by atoms with Crippen molar-refractivity contribution >= 4 is 6.29 Å². The number of allylic oxidation sites excluding steroid dienone is 1. The summed E-state index contributed by atoms with van der Waals surface area (Å²) in [7, 11) is 0. The molecule has 0 aromatic heterocycles. The maximum atomic E-state index is 11.1. The number of aliphatic hydroxyl groups excluding tert-OH is 1. The highest BCUT2D eigenvalue weighted by Crippen LogP contribution is 1.83. The molecule has 0 saturated carbocycles. The van der Waals surface area contributed by atoms with E-state index in [2.05, 4.69) is 0 Å². The van der Waals surface area contributed by atoms with Crippen LogP contribution in [0.25, 0.3) is 0 Å². The van der Waals surface area contributed by atoms with Crippen molar-refractivity contribution in [1.29, 1.82) is 0 Å². The van der Waals surface area contributed by atoms with Crippen LogP contribution in [0.3, 0.4) is 0 Å². The predicted octanol–water partition coefficient (Wildman–Crippen LogP) is 0.554. The van der Waals surface area contributed by atoms with Crippen LogP contribution in [0.5, 0.6) is 0 Å². The third-order valence-electron chi connectivity index (χ3n) is 0.236. The van der Waals surface area contributed by atoms with E-state index in [1.165, 1.54) is 0 Å². The Morgan fingerprint density at radius 3 is 2.33 bits per heavy atom. The summed E-state index contributed by atoms with van der Waals surface area (Å²) >= 11 is 0. The predicted molar refractivity (Wildman–Crippen MR) is 17.9 cm³/mol. The van der Waals surface area contributed by atoms with E-state index in [1.54, 1.807) is 0 Å². The Kier molecular flexibility index (Phi) is 2.04. The van der Waals surface area contributed by atoms with E-state index < -0.39 is 5.83 Å². The molecule has 0 aromatic carbocycles. The van der Waals surface area contributed by atoms with E-state index >= 15 is 0 Å². The average Bonchev–Trinajstić information content (AvgIpc) is 1.65. The number of aldehydes is 1. The van der Waals surface area contributed by atoms with Gasteiger partial charge in [-0.3, -0.25) is 4.79 Å². The topological polar surface area (TPSA) is 37.3 Å². The number of aliphatic hydroxyl groups is 1. The minimum Gasteiger partial charge on any atom is -0.512 e. The summed E-state index contributed by atoms with van der Waals surface area (Å²) in [5.41, 5.74) is 0. The van der Waals surface area contributed by atoms with Crippen LogP contribution in [0.2, 0.25) is 0 Å². The molecule has 0 rings (SSSR count). The van der Waals surface area contributed by atoms with E-state index in [-0.39, 0.29) is 12.5 Å². The number of carbonyl (C=O) groups is 1. The molecule has 34 valence electrons. The van der Waals surface area contributed by atoms with Gasteiger partial charge in [-0.2, -0.15) is 4.39 Å². The van der Waals surface area contributed by atoms with Crippen LogP contribution in [0.15, 0.2) is 12.1 Å². The molecule has 0 heterocycles. The van der Waals surface area contributed by atoms with Crippen LogP contribution < -0.4 is 0 Å². The number of hydrogen-bond acceptors (Lipinski definition) is 2. The molecule has 6 heavy (non-hydrogen) atoms. The van der Waals surface area contributed by atoms with Crippen molar-refractivity contribution < 1.29 is 14.3 Å². The molecule has 0 aromatic rings. The maximum Gasteiger partial charge on any atom is 0.196 e. The van der Waals surface area contributed by atoms with Crippen LogP contribution in [0.1, 0.15) is 0 Å². The minimum atomic E-state index is -1.16. The first kappa shape index (κ1) is 5.14. The molecule has 2 nitrogen and oxygen atoms in total. The quantitative estimate of drug-likeness (QED) is 0.290. The van der Waals surface area contributed by atoms with Gasteiger partial charge in [0.1, 0.15) is 6.26 Å². The van der Waals surface area contributed by atoms with E-state index in [0.717, 1.165) is 0 Å². The second-order valence-corrected chi connectivity index (χ2v) is 0.632. The number of carbonyl (C=O) groups excluding carboxylic acids is 1. The van der Waals surface area contributed by atoms with Gasteiger partial charge in [0, 0.05) is 0 Å². The molecule has 0 amide bonds. The van der Waals surface area contributed by atoms with E-state index in [1.807, 2.05) is 0 Å².